The normalized spacial score (nSPS) is 11.8. The van der Waals surface area contributed by atoms with Gasteiger partial charge in [-0.1, -0.05) is 28.1 Å². The highest BCUT2D eigenvalue weighted by molar-refractivity contribution is 14.1. The fraction of sp³-hybridized carbons (Fsp3) is 0.0769. The molecule has 2 rings (SSSR count). The minimum atomic E-state index is -0.733. The Labute approximate surface area is 131 Å². The second-order valence-corrected chi connectivity index (χ2v) is 7.34. The number of benzene rings is 1. The lowest BCUT2D eigenvalue weighted by Crippen LogP contribution is -2.10. The minimum absolute atomic E-state index is 0.140. The first-order valence-electron chi connectivity index (χ1n) is 5.05. The maximum Gasteiger partial charge on any atom is 0.185 e. The number of carbonyl (C=O) groups is 1. The maximum atomic E-state index is 12.2. The van der Waals surface area contributed by atoms with Crippen molar-refractivity contribution in [3.05, 3.63) is 54.2 Å². The second-order valence-electron chi connectivity index (χ2n) is 3.62. The van der Waals surface area contributed by atoms with Crippen LogP contribution in [-0.4, -0.2) is 5.78 Å². The van der Waals surface area contributed by atoms with Crippen LogP contribution >= 0.6 is 49.9 Å². The highest BCUT2D eigenvalue weighted by Gasteiger charge is 2.22. The highest BCUT2D eigenvalue weighted by atomic mass is 127. The fourth-order valence-corrected chi connectivity index (χ4v) is 3.15. The van der Waals surface area contributed by atoms with Gasteiger partial charge in [-0.3, -0.25) is 4.79 Å². The standard InChI is InChI=1S/C13H7BrINOS/c14-10-3-1-8(2-4-10)11(6-16)13(17)9-5-12(15)18-7-9/h1-5,7,11H. The Bertz CT molecular complexity index is 615. The minimum Gasteiger partial charge on any atom is -0.292 e. The van der Waals surface area contributed by atoms with E-state index in [-0.39, 0.29) is 5.78 Å². The van der Waals surface area contributed by atoms with Crippen LogP contribution in [0, 0.1) is 14.2 Å². The van der Waals surface area contributed by atoms with E-state index in [0.717, 1.165) is 12.9 Å². The van der Waals surface area contributed by atoms with Crippen LogP contribution in [-0.2, 0) is 0 Å². The van der Waals surface area contributed by atoms with Gasteiger partial charge in [-0.2, -0.15) is 5.26 Å². The zero-order valence-corrected chi connectivity index (χ0v) is 13.6. The summed E-state index contributed by atoms with van der Waals surface area (Å²) in [5.74, 6) is -0.873. The van der Waals surface area contributed by atoms with Crippen molar-refractivity contribution < 1.29 is 4.79 Å². The summed E-state index contributed by atoms with van der Waals surface area (Å²) in [6.07, 6.45) is 0. The molecule has 0 radical (unpaired) electrons. The number of hydrogen-bond acceptors (Lipinski definition) is 3. The van der Waals surface area contributed by atoms with Gasteiger partial charge in [-0.05, 0) is 46.4 Å². The summed E-state index contributed by atoms with van der Waals surface area (Å²) in [5, 5.41) is 11.0. The molecule has 5 heteroatoms. The van der Waals surface area contributed by atoms with Crippen molar-refractivity contribution in [1.82, 2.24) is 0 Å². The summed E-state index contributed by atoms with van der Waals surface area (Å²) >= 11 is 7.01. The van der Waals surface area contributed by atoms with Gasteiger partial charge in [0.25, 0.3) is 0 Å². The van der Waals surface area contributed by atoms with Crippen LogP contribution in [0.4, 0.5) is 0 Å². The third-order valence-electron chi connectivity index (χ3n) is 2.45. The molecule has 1 aromatic heterocycles. The molecule has 0 N–H and O–H groups in total. The Morgan fingerprint density at radius 3 is 2.56 bits per heavy atom. The van der Waals surface area contributed by atoms with E-state index in [2.05, 4.69) is 44.6 Å². The first-order chi connectivity index (χ1) is 8.61. The fourth-order valence-electron chi connectivity index (χ4n) is 1.55. The molecule has 1 aromatic carbocycles. The van der Waals surface area contributed by atoms with E-state index < -0.39 is 5.92 Å². The molecular weight excluding hydrogens is 425 g/mol. The average Bonchev–Trinajstić information content (AvgIpc) is 2.79. The number of Topliss-reactive ketones (excluding diaryl/α,β-unsaturated/α-hetero) is 1. The summed E-state index contributed by atoms with van der Waals surface area (Å²) < 4.78 is 1.98. The van der Waals surface area contributed by atoms with Crippen LogP contribution < -0.4 is 0 Å². The lowest BCUT2D eigenvalue weighted by atomic mass is 9.93. The van der Waals surface area contributed by atoms with E-state index in [0.29, 0.717) is 5.56 Å². The SMILES string of the molecule is N#CC(C(=O)c1csc(I)c1)c1ccc(Br)cc1. The molecule has 0 aliphatic carbocycles. The van der Waals surface area contributed by atoms with Crippen molar-refractivity contribution in [1.29, 1.82) is 5.26 Å². The van der Waals surface area contributed by atoms with Crippen molar-refractivity contribution in [2.24, 2.45) is 0 Å². The van der Waals surface area contributed by atoms with Crippen molar-refractivity contribution in [2.45, 2.75) is 5.92 Å². The van der Waals surface area contributed by atoms with Crippen molar-refractivity contribution >= 4 is 55.6 Å². The van der Waals surface area contributed by atoms with Gasteiger partial charge < -0.3 is 0 Å². The topological polar surface area (TPSA) is 40.9 Å². The maximum absolute atomic E-state index is 12.2. The Kier molecular flexibility index (Phi) is 4.54. The molecule has 0 bridgehead atoms. The molecular formula is C13H7BrINOS. The number of nitriles is 1. The molecule has 18 heavy (non-hydrogen) atoms. The number of hydrogen-bond donors (Lipinski definition) is 0. The number of ketones is 1. The molecule has 0 saturated heterocycles. The lowest BCUT2D eigenvalue weighted by molar-refractivity contribution is 0.0979. The summed E-state index contributed by atoms with van der Waals surface area (Å²) in [6, 6.07) is 11.2. The molecule has 1 heterocycles. The smallest absolute Gasteiger partial charge is 0.185 e. The Balaban J connectivity index is 2.32. The van der Waals surface area contributed by atoms with Gasteiger partial charge in [0.15, 0.2) is 5.78 Å². The summed E-state index contributed by atoms with van der Waals surface area (Å²) in [5.41, 5.74) is 1.34. The first-order valence-corrected chi connectivity index (χ1v) is 7.80. The first kappa shape index (κ1) is 13.7. The summed E-state index contributed by atoms with van der Waals surface area (Å²) in [4.78, 5) is 12.2. The van der Waals surface area contributed by atoms with Crippen molar-refractivity contribution in [3.8, 4) is 6.07 Å². The van der Waals surface area contributed by atoms with Gasteiger partial charge in [0.1, 0.15) is 5.92 Å². The van der Waals surface area contributed by atoms with Crippen LogP contribution in [0.25, 0.3) is 0 Å². The molecule has 0 aliphatic heterocycles. The van der Waals surface area contributed by atoms with Gasteiger partial charge in [0.2, 0.25) is 0 Å². The Morgan fingerprint density at radius 2 is 2.06 bits per heavy atom. The van der Waals surface area contributed by atoms with Crippen LogP contribution in [0.2, 0.25) is 0 Å². The molecule has 0 saturated carbocycles. The largest absolute Gasteiger partial charge is 0.292 e. The number of rotatable bonds is 3. The van der Waals surface area contributed by atoms with E-state index in [1.165, 1.54) is 11.3 Å². The zero-order chi connectivity index (χ0) is 13.1. The molecule has 1 atom stereocenters. The lowest BCUT2D eigenvalue weighted by Gasteiger charge is -2.07. The summed E-state index contributed by atoms with van der Waals surface area (Å²) in [7, 11) is 0. The molecule has 0 aliphatic rings. The average molecular weight is 432 g/mol. The third kappa shape index (κ3) is 2.99. The number of thiophene rings is 1. The van der Waals surface area contributed by atoms with Crippen LogP contribution in [0.1, 0.15) is 21.8 Å². The van der Waals surface area contributed by atoms with E-state index in [4.69, 9.17) is 0 Å². The van der Waals surface area contributed by atoms with Crippen LogP contribution in [0.5, 0.6) is 0 Å². The quantitative estimate of drug-likeness (QED) is 0.526. The van der Waals surface area contributed by atoms with E-state index >= 15 is 0 Å². The Morgan fingerprint density at radius 1 is 1.39 bits per heavy atom. The third-order valence-corrected chi connectivity index (χ3v) is 4.76. The predicted molar refractivity (Wildman–Crippen MR) is 83.9 cm³/mol. The molecule has 2 nitrogen and oxygen atoms in total. The molecule has 0 fully saturated rings. The van der Waals surface area contributed by atoms with Gasteiger partial charge >= 0.3 is 0 Å². The van der Waals surface area contributed by atoms with Gasteiger partial charge in [-0.15, -0.1) is 11.3 Å². The Hall–Kier alpha value is -0.710. The van der Waals surface area contributed by atoms with Gasteiger partial charge in [-0.25, -0.2) is 0 Å². The molecule has 0 spiro atoms. The molecule has 2 aromatic rings. The molecule has 0 amide bonds. The predicted octanol–water partition coefficient (Wildman–Crippen LogP) is 4.61. The van der Waals surface area contributed by atoms with Crippen LogP contribution in [0.3, 0.4) is 0 Å². The second kappa shape index (κ2) is 5.95. The van der Waals surface area contributed by atoms with Gasteiger partial charge in [0, 0.05) is 15.4 Å². The van der Waals surface area contributed by atoms with E-state index in [1.54, 1.807) is 17.5 Å². The summed E-state index contributed by atoms with van der Waals surface area (Å²) in [6.45, 7) is 0. The van der Waals surface area contributed by atoms with Crippen LogP contribution in [0.15, 0.2) is 40.2 Å². The number of nitrogens with zero attached hydrogens (tertiary/aromatic N) is 1. The number of carbonyl (C=O) groups excluding carboxylic acids is 1. The van der Waals surface area contributed by atoms with Crippen molar-refractivity contribution in [3.63, 3.8) is 0 Å². The molecule has 1 unspecified atom stereocenters. The number of halogens is 2. The highest BCUT2D eigenvalue weighted by Crippen LogP contribution is 2.25. The monoisotopic (exact) mass is 431 g/mol. The van der Waals surface area contributed by atoms with Crippen molar-refractivity contribution in [2.75, 3.05) is 0 Å². The van der Waals surface area contributed by atoms with Gasteiger partial charge in [0.05, 0.1) is 8.95 Å². The van der Waals surface area contributed by atoms with E-state index in [1.807, 2.05) is 18.2 Å². The van der Waals surface area contributed by atoms with E-state index in [9.17, 15) is 10.1 Å². The molecule has 90 valence electrons. The zero-order valence-electron chi connectivity index (χ0n) is 9.06.